The quantitative estimate of drug-likeness (QED) is 0.856. The van der Waals surface area contributed by atoms with Gasteiger partial charge < -0.3 is 15.7 Å². The number of amides is 2. The van der Waals surface area contributed by atoms with Crippen LogP contribution in [0.25, 0.3) is 0 Å². The van der Waals surface area contributed by atoms with E-state index < -0.39 is 11.5 Å². The van der Waals surface area contributed by atoms with Gasteiger partial charge in [-0.25, -0.2) is 0 Å². The molecule has 6 heteroatoms. The summed E-state index contributed by atoms with van der Waals surface area (Å²) in [4.78, 5) is 28.1. The van der Waals surface area contributed by atoms with Crippen molar-refractivity contribution >= 4 is 11.8 Å². The summed E-state index contributed by atoms with van der Waals surface area (Å²) in [7, 11) is 0. The molecule has 1 aromatic carbocycles. The lowest BCUT2D eigenvalue weighted by Gasteiger charge is -2.36. The normalized spacial score (nSPS) is 21.1. The number of rotatable bonds is 4. The maximum absolute atomic E-state index is 12.6. The van der Waals surface area contributed by atoms with Gasteiger partial charge in [-0.3, -0.25) is 14.5 Å². The molecule has 2 heterocycles. The molecule has 2 aliphatic rings. The van der Waals surface area contributed by atoms with Gasteiger partial charge in [0.05, 0.1) is 0 Å². The molecule has 1 aromatic rings. The van der Waals surface area contributed by atoms with Crippen molar-refractivity contribution in [2.75, 3.05) is 26.2 Å². The van der Waals surface area contributed by atoms with Gasteiger partial charge in [0.2, 0.25) is 5.91 Å². The third-order valence-electron chi connectivity index (χ3n) is 5.37. The van der Waals surface area contributed by atoms with Crippen LogP contribution < -0.4 is 5.73 Å². The van der Waals surface area contributed by atoms with Gasteiger partial charge in [0.1, 0.15) is 5.60 Å². The van der Waals surface area contributed by atoms with E-state index in [4.69, 9.17) is 5.73 Å². The van der Waals surface area contributed by atoms with E-state index in [1.54, 1.807) is 0 Å². The van der Waals surface area contributed by atoms with Gasteiger partial charge in [-0.1, -0.05) is 12.1 Å². The van der Waals surface area contributed by atoms with Gasteiger partial charge in [-0.05, 0) is 49.8 Å². The molecular formula is C19H27N3O3. The zero-order chi connectivity index (χ0) is 17.9. The molecule has 2 amide bonds. The standard InChI is InChI=1S/C19H27N3O3/c20-18(24)19(25)7-11-21(12-8-19)14-15-5-4-6-16(13-15)17(23)22-9-2-1-3-10-22/h4-6,13,25H,1-3,7-12,14H2,(H2,20,24). The third-order valence-corrected chi connectivity index (χ3v) is 5.37. The van der Waals surface area contributed by atoms with Gasteiger partial charge >= 0.3 is 0 Å². The van der Waals surface area contributed by atoms with E-state index in [0.29, 0.717) is 32.5 Å². The van der Waals surface area contributed by atoms with Crippen LogP contribution in [0.15, 0.2) is 24.3 Å². The molecule has 2 aliphatic heterocycles. The van der Waals surface area contributed by atoms with E-state index in [1.165, 1.54) is 6.42 Å². The molecule has 6 nitrogen and oxygen atoms in total. The highest BCUT2D eigenvalue weighted by molar-refractivity contribution is 5.94. The van der Waals surface area contributed by atoms with Crippen LogP contribution in [0, 0.1) is 0 Å². The SMILES string of the molecule is NC(=O)C1(O)CCN(Cc2cccc(C(=O)N3CCCCC3)c2)CC1. The summed E-state index contributed by atoms with van der Waals surface area (Å²) in [6, 6.07) is 7.78. The number of primary amides is 1. The monoisotopic (exact) mass is 345 g/mol. The minimum atomic E-state index is -1.37. The van der Waals surface area contributed by atoms with Crippen molar-refractivity contribution in [3.63, 3.8) is 0 Å². The zero-order valence-electron chi connectivity index (χ0n) is 14.6. The molecule has 0 bridgehead atoms. The molecular weight excluding hydrogens is 318 g/mol. The molecule has 3 rings (SSSR count). The van der Waals surface area contributed by atoms with Crippen molar-refractivity contribution in [2.45, 2.75) is 44.2 Å². The Bertz CT molecular complexity index is 633. The first kappa shape index (κ1) is 17.9. The number of nitrogens with two attached hydrogens (primary N) is 1. The number of hydrogen-bond acceptors (Lipinski definition) is 4. The molecule has 2 saturated heterocycles. The van der Waals surface area contributed by atoms with Crippen LogP contribution in [0.3, 0.4) is 0 Å². The molecule has 0 aliphatic carbocycles. The Kier molecular flexibility index (Phi) is 5.39. The summed E-state index contributed by atoms with van der Waals surface area (Å²) in [5.41, 5.74) is 5.72. The Morgan fingerprint density at radius 1 is 1.08 bits per heavy atom. The molecule has 3 N–H and O–H groups in total. The van der Waals surface area contributed by atoms with Crippen molar-refractivity contribution in [2.24, 2.45) is 5.73 Å². The highest BCUT2D eigenvalue weighted by Crippen LogP contribution is 2.23. The summed E-state index contributed by atoms with van der Waals surface area (Å²) in [5, 5.41) is 10.1. The number of likely N-dealkylation sites (tertiary alicyclic amines) is 2. The third kappa shape index (κ3) is 4.19. The van der Waals surface area contributed by atoms with Crippen LogP contribution in [0.4, 0.5) is 0 Å². The topological polar surface area (TPSA) is 86.9 Å². The van der Waals surface area contributed by atoms with Crippen molar-refractivity contribution in [3.8, 4) is 0 Å². The summed E-state index contributed by atoms with van der Waals surface area (Å²) in [5.74, 6) is -0.524. The largest absolute Gasteiger partial charge is 0.380 e. The van der Waals surface area contributed by atoms with Gasteiger partial charge in [0, 0.05) is 38.3 Å². The van der Waals surface area contributed by atoms with Gasteiger partial charge in [-0.2, -0.15) is 0 Å². The summed E-state index contributed by atoms with van der Waals surface area (Å²) < 4.78 is 0. The highest BCUT2D eigenvalue weighted by Gasteiger charge is 2.37. The molecule has 2 fully saturated rings. The van der Waals surface area contributed by atoms with Gasteiger partial charge in [0.15, 0.2) is 0 Å². The Balaban J connectivity index is 1.61. The van der Waals surface area contributed by atoms with Crippen LogP contribution in [0.5, 0.6) is 0 Å². The van der Waals surface area contributed by atoms with Crippen molar-refractivity contribution < 1.29 is 14.7 Å². The van der Waals surface area contributed by atoms with Crippen LogP contribution in [-0.4, -0.2) is 58.5 Å². The second-order valence-electron chi connectivity index (χ2n) is 7.23. The predicted molar refractivity (Wildman–Crippen MR) is 94.9 cm³/mol. The molecule has 0 unspecified atom stereocenters. The van der Waals surface area contributed by atoms with Crippen molar-refractivity contribution in [3.05, 3.63) is 35.4 Å². The number of nitrogens with zero attached hydrogens (tertiary/aromatic N) is 2. The van der Waals surface area contributed by atoms with Crippen molar-refractivity contribution in [1.29, 1.82) is 0 Å². The molecule has 0 atom stereocenters. The Morgan fingerprint density at radius 3 is 2.40 bits per heavy atom. The van der Waals surface area contributed by atoms with Crippen molar-refractivity contribution in [1.82, 2.24) is 9.80 Å². The van der Waals surface area contributed by atoms with E-state index in [1.807, 2.05) is 29.2 Å². The fourth-order valence-electron chi connectivity index (χ4n) is 3.67. The first-order valence-electron chi connectivity index (χ1n) is 9.11. The Morgan fingerprint density at radius 2 is 1.76 bits per heavy atom. The molecule has 25 heavy (non-hydrogen) atoms. The smallest absolute Gasteiger partial charge is 0.253 e. The molecule has 0 saturated carbocycles. The lowest BCUT2D eigenvalue weighted by Crippen LogP contribution is -2.51. The fourth-order valence-corrected chi connectivity index (χ4v) is 3.67. The summed E-state index contributed by atoms with van der Waals surface area (Å²) in [6.45, 7) is 3.63. The van der Waals surface area contributed by atoms with E-state index in [2.05, 4.69) is 4.90 Å². The zero-order valence-corrected chi connectivity index (χ0v) is 14.6. The van der Waals surface area contributed by atoms with Gasteiger partial charge in [0.25, 0.3) is 5.91 Å². The maximum atomic E-state index is 12.6. The minimum Gasteiger partial charge on any atom is -0.380 e. The maximum Gasteiger partial charge on any atom is 0.253 e. The van der Waals surface area contributed by atoms with Crippen LogP contribution in [-0.2, 0) is 11.3 Å². The second kappa shape index (κ2) is 7.54. The summed E-state index contributed by atoms with van der Waals surface area (Å²) in [6.07, 6.45) is 4.09. The number of aliphatic hydroxyl groups is 1. The molecule has 136 valence electrons. The lowest BCUT2D eigenvalue weighted by molar-refractivity contribution is -0.141. The average Bonchev–Trinajstić information content (AvgIpc) is 2.64. The second-order valence-corrected chi connectivity index (χ2v) is 7.23. The number of hydrogen-bond donors (Lipinski definition) is 2. The van der Waals surface area contributed by atoms with E-state index in [0.717, 1.165) is 37.1 Å². The minimum absolute atomic E-state index is 0.114. The van der Waals surface area contributed by atoms with Crippen LogP contribution in [0.2, 0.25) is 0 Å². The number of carbonyl (C=O) groups excluding carboxylic acids is 2. The average molecular weight is 345 g/mol. The van der Waals surface area contributed by atoms with E-state index in [-0.39, 0.29) is 5.91 Å². The first-order valence-corrected chi connectivity index (χ1v) is 9.11. The highest BCUT2D eigenvalue weighted by atomic mass is 16.3. The lowest BCUT2D eigenvalue weighted by atomic mass is 9.90. The van der Waals surface area contributed by atoms with Gasteiger partial charge in [-0.15, -0.1) is 0 Å². The van der Waals surface area contributed by atoms with Crippen LogP contribution >= 0.6 is 0 Å². The summed E-state index contributed by atoms with van der Waals surface area (Å²) >= 11 is 0. The number of piperidine rings is 2. The number of carbonyl (C=O) groups is 2. The molecule has 0 spiro atoms. The number of benzene rings is 1. The molecule has 0 radical (unpaired) electrons. The van der Waals surface area contributed by atoms with E-state index in [9.17, 15) is 14.7 Å². The Hall–Kier alpha value is -1.92. The predicted octanol–water partition coefficient (Wildman–Crippen LogP) is 1.12. The van der Waals surface area contributed by atoms with E-state index >= 15 is 0 Å². The Labute approximate surface area is 148 Å². The fraction of sp³-hybridized carbons (Fsp3) is 0.579. The molecule has 0 aromatic heterocycles. The first-order chi connectivity index (χ1) is 12.0. The van der Waals surface area contributed by atoms with Crippen LogP contribution in [0.1, 0.15) is 48.0 Å².